The first kappa shape index (κ1) is 14.5. The van der Waals surface area contributed by atoms with E-state index in [0.717, 1.165) is 0 Å². The SMILES string of the molecule is O=C(C(Cl)c1ccc(F)cc1)C1CCCCS1(=O)=O. The summed E-state index contributed by atoms with van der Waals surface area (Å²) < 4.78 is 36.6. The second kappa shape index (κ2) is 5.59. The lowest BCUT2D eigenvalue weighted by molar-refractivity contribution is -0.118. The lowest BCUT2D eigenvalue weighted by Gasteiger charge is -2.23. The smallest absolute Gasteiger partial charge is 0.173 e. The highest BCUT2D eigenvalue weighted by Crippen LogP contribution is 2.29. The normalized spacial score (nSPS) is 23.8. The Balaban J connectivity index is 2.21. The molecule has 6 heteroatoms. The van der Waals surface area contributed by atoms with Crippen molar-refractivity contribution in [1.82, 2.24) is 0 Å². The summed E-state index contributed by atoms with van der Waals surface area (Å²) in [6.07, 6.45) is 1.63. The molecule has 3 nitrogen and oxygen atoms in total. The van der Waals surface area contributed by atoms with Crippen LogP contribution in [-0.2, 0) is 14.6 Å². The topological polar surface area (TPSA) is 51.2 Å². The number of rotatable bonds is 3. The molecule has 104 valence electrons. The standard InChI is InChI=1S/C13H14ClFO3S/c14-12(9-4-6-10(15)7-5-9)13(16)11-3-1-2-8-19(11,17)18/h4-7,11-12H,1-3,8H2. The highest BCUT2D eigenvalue weighted by atomic mass is 35.5. The Labute approximate surface area is 116 Å². The highest BCUT2D eigenvalue weighted by Gasteiger charge is 2.38. The Morgan fingerprint density at radius 2 is 1.89 bits per heavy atom. The molecule has 0 aromatic heterocycles. The predicted molar refractivity (Wildman–Crippen MR) is 71.4 cm³/mol. The van der Waals surface area contributed by atoms with Crippen molar-refractivity contribution in [2.24, 2.45) is 0 Å². The van der Waals surface area contributed by atoms with E-state index in [1.165, 1.54) is 24.3 Å². The van der Waals surface area contributed by atoms with Gasteiger partial charge in [-0.1, -0.05) is 18.6 Å². The zero-order valence-electron chi connectivity index (χ0n) is 10.2. The number of carbonyl (C=O) groups excluding carboxylic acids is 1. The molecule has 0 aliphatic carbocycles. The molecule has 19 heavy (non-hydrogen) atoms. The third kappa shape index (κ3) is 3.15. The van der Waals surface area contributed by atoms with Crippen molar-refractivity contribution < 1.29 is 17.6 Å². The third-order valence-electron chi connectivity index (χ3n) is 3.31. The molecule has 0 spiro atoms. The second-order valence-electron chi connectivity index (χ2n) is 4.67. The molecule has 2 atom stereocenters. The van der Waals surface area contributed by atoms with E-state index in [4.69, 9.17) is 11.6 Å². The number of alkyl halides is 1. The van der Waals surface area contributed by atoms with Gasteiger partial charge in [0.05, 0.1) is 5.75 Å². The van der Waals surface area contributed by atoms with E-state index in [1.54, 1.807) is 0 Å². The van der Waals surface area contributed by atoms with Gasteiger partial charge in [-0.05, 0) is 30.5 Å². The molecule has 1 aliphatic rings. The van der Waals surface area contributed by atoms with Crippen LogP contribution in [0, 0.1) is 5.82 Å². The van der Waals surface area contributed by atoms with Crippen LogP contribution in [0.4, 0.5) is 4.39 Å². The minimum atomic E-state index is -3.39. The summed E-state index contributed by atoms with van der Waals surface area (Å²) in [5.41, 5.74) is 0.425. The molecule has 2 unspecified atom stereocenters. The molecule has 1 aromatic rings. The van der Waals surface area contributed by atoms with Crippen LogP contribution in [-0.4, -0.2) is 25.2 Å². The van der Waals surface area contributed by atoms with Gasteiger partial charge in [0.25, 0.3) is 0 Å². The van der Waals surface area contributed by atoms with Gasteiger partial charge in [-0.15, -0.1) is 11.6 Å². The second-order valence-corrected chi connectivity index (χ2v) is 7.41. The fourth-order valence-corrected chi connectivity index (χ4v) is 4.51. The fraction of sp³-hybridized carbons (Fsp3) is 0.462. The van der Waals surface area contributed by atoms with Crippen molar-refractivity contribution in [3.8, 4) is 0 Å². The number of hydrogen-bond acceptors (Lipinski definition) is 3. The van der Waals surface area contributed by atoms with Crippen LogP contribution in [0.5, 0.6) is 0 Å². The molecular weight excluding hydrogens is 291 g/mol. The van der Waals surface area contributed by atoms with Gasteiger partial charge in [-0.3, -0.25) is 4.79 Å². The first-order chi connectivity index (χ1) is 8.92. The monoisotopic (exact) mass is 304 g/mol. The fourth-order valence-electron chi connectivity index (χ4n) is 2.23. The van der Waals surface area contributed by atoms with Crippen LogP contribution in [0.15, 0.2) is 24.3 Å². The molecule has 1 aliphatic heterocycles. The molecule has 0 amide bonds. The quantitative estimate of drug-likeness (QED) is 0.807. The highest BCUT2D eigenvalue weighted by molar-refractivity contribution is 7.92. The number of carbonyl (C=O) groups is 1. The largest absolute Gasteiger partial charge is 0.296 e. The van der Waals surface area contributed by atoms with Gasteiger partial charge in [0.2, 0.25) is 0 Å². The van der Waals surface area contributed by atoms with Gasteiger partial charge in [0.15, 0.2) is 15.6 Å². The number of benzene rings is 1. The number of halogens is 2. The first-order valence-electron chi connectivity index (χ1n) is 6.06. The molecule has 1 aromatic carbocycles. The summed E-state index contributed by atoms with van der Waals surface area (Å²) in [6, 6.07) is 5.21. The Morgan fingerprint density at radius 1 is 1.26 bits per heavy atom. The van der Waals surface area contributed by atoms with Gasteiger partial charge in [-0.2, -0.15) is 0 Å². The number of Topliss-reactive ketones (excluding diaryl/α,β-unsaturated/α-hetero) is 1. The van der Waals surface area contributed by atoms with E-state index in [0.29, 0.717) is 24.8 Å². The van der Waals surface area contributed by atoms with Gasteiger partial charge < -0.3 is 0 Å². The maximum absolute atomic E-state index is 12.8. The lowest BCUT2D eigenvalue weighted by atomic mass is 10.0. The van der Waals surface area contributed by atoms with Gasteiger partial charge in [-0.25, -0.2) is 12.8 Å². The molecule has 0 saturated carbocycles. The van der Waals surface area contributed by atoms with Crippen molar-refractivity contribution in [2.45, 2.75) is 29.9 Å². The predicted octanol–water partition coefficient (Wildman–Crippen LogP) is 2.64. The molecule has 0 radical (unpaired) electrons. The first-order valence-corrected chi connectivity index (χ1v) is 8.22. The Bertz CT molecular complexity index is 568. The number of sulfone groups is 1. The van der Waals surface area contributed by atoms with Crippen molar-refractivity contribution >= 4 is 27.2 Å². The zero-order chi connectivity index (χ0) is 14.0. The van der Waals surface area contributed by atoms with Crippen LogP contribution < -0.4 is 0 Å². The molecule has 1 saturated heterocycles. The number of ketones is 1. The molecule has 0 bridgehead atoms. The summed E-state index contributed by atoms with van der Waals surface area (Å²) in [5.74, 6) is -0.894. The van der Waals surface area contributed by atoms with E-state index in [2.05, 4.69) is 0 Å². The summed E-state index contributed by atoms with van der Waals surface area (Å²) in [6.45, 7) is 0. The van der Waals surface area contributed by atoms with E-state index in [-0.39, 0.29) is 5.75 Å². The van der Waals surface area contributed by atoms with Gasteiger partial charge in [0.1, 0.15) is 16.4 Å². The van der Waals surface area contributed by atoms with Crippen LogP contribution in [0.2, 0.25) is 0 Å². The van der Waals surface area contributed by atoms with E-state index >= 15 is 0 Å². The minimum Gasteiger partial charge on any atom is -0.296 e. The van der Waals surface area contributed by atoms with Crippen molar-refractivity contribution in [3.63, 3.8) is 0 Å². The molecule has 1 fully saturated rings. The lowest BCUT2D eigenvalue weighted by Crippen LogP contribution is -2.37. The van der Waals surface area contributed by atoms with Gasteiger partial charge >= 0.3 is 0 Å². The van der Waals surface area contributed by atoms with Crippen molar-refractivity contribution in [3.05, 3.63) is 35.6 Å². The van der Waals surface area contributed by atoms with Crippen LogP contribution in [0.1, 0.15) is 30.2 Å². The van der Waals surface area contributed by atoms with Crippen LogP contribution in [0.25, 0.3) is 0 Å². The maximum Gasteiger partial charge on any atom is 0.173 e. The Hall–Kier alpha value is -0.940. The maximum atomic E-state index is 12.8. The zero-order valence-corrected chi connectivity index (χ0v) is 11.8. The van der Waals surface area contributed by atoms with Crippen molar-refractivity contribution in [1.29, 1.82) is 0 Å². The summed E-state index contributed by atoms with van der Waals surface area (Å²) in [7, 11) is -3.39. The molecule has 0 N–H and O–H groups in total. The van der Waals surface area contributed by atoms with E-state index in [1.807, 2.05) is 0 Å². The van der Waals surface area contributed by atoms with E-state index < -0.39 is 32.1 Å². The average Bonchev–Trinajstić information content (AvgIpc) is 2.37. The summed E-state index contributed by atoms with van der Waals surface area (Å²) >= 11 is 6.03. The summed E-state index contributed by atoms with van der Waals surface area (Å²) in [5, 5.41) is -2.06. The minimum absolute atomic E-state index is 0.0381. The molecular formula is C13H14ClFO3S. The van der Waals surface area contributed by atoms with Crippen molar-refractivity contribution in [2.75, 3.05) is 5.75 Å². The third-order valence-corrected chi connectivity index (χ3v) is 5.97. The van der Waals surface area contributed by atoms with Crippen LogP contribution in [0.3, 0.4) is 0 Å². The Kier molecular flexibility index (Phi) is 4.26. The Morgan fingerprint density at radius 3 is 2.47 bits per heavy atom. The number of hydrogen-bond donors (Lipinski definition) is 0. The average molecular weight is 305 g/mol. The van der Waals surface area contributed by atoms with E-state index in [9.17, 15) is 17.6 Å². The molecule has 2 rings (SSSR count). The summed E-state index contributed by atoms with van der Waals surface area (Å²) in [4.78, 5) is 12.2. The van der Waals surface area contributed by atoms with Crippen LogP contribution >= 0.6 is 11.6 Å². The molecule has 1 heterocycles. The van der Waals surface area contributed by atoms with Gasteiger partial charge in [0, 0.05) is 0 Å².